The summed E-state index contributed by atoms with van der Waals surface area (Å²) in [6.07, 6.45) is 0.544. The lowest BCUT2D eigenvalue weighted by Crippen LogP contribution is -2.07. The second kappa shape index (κ2) is 8.97. The molecular weight excluding hydrogens is 384 g/mol. The second-order valence-electron chi connectivity index (χ2n) is 6.78. The van der Waals surface area contributed by atoms with Crippen molar-refractivity contribution in [2.24, 2.45) is 0 Å². The Morgan fingerprint density at radius 3 is 2.07 bits per heavy atom. The van der Waals surface area contributed by atoms with Crippen LogP contribution in [0.2, 0.25) is 0 Å². The number of hydrogen-bond donors (Lipinski definition) is 0. The molecule has 0 N–H and O–H groups in total. The average Bonchev–Trinajstić information content (AvgIpc) is 2.73. The molecule has 0 saturated heterocycles. The van der Waals surface area contributed by atoms with Crippen molar-refractivity contribution < 1.29 is 17.3 Å². The molecule has 0 atom stereocenters. The van der Waals surface area contributed by atoms with Crippen molar-refractivity contribution in [1.29, 1.82) is 0 Å². The molecule has 0 amide bonds. The van der Waals surface area contributed by atoms with Crippen LogP contribution in [0.4, 0.5) is 0 Å². The average molecular weight is 409 g/mol. The number of benzene rings is 3. The Labute approximate surface area is 172 Å². The zero-order valence-corrected chi connectivity index (χ0v) is 17.6. The maximum absolute atomic E-state index is 12.8. The fraction of sp³-hybridized carbons (Fsp3) is 0.167. The van der Waals surface area contributed by atoms with Gasteiger partial charge in [-0.3, -0.25) is 0 Å². The van der Waals surface area contributed by atoms with Crippen LogP contribution >= 0.6 is 0 Å². The topological polar surface area (TPSA) is 52.6 Å². The third kappa shape index (κ3) is 5.27. The highest BCUT2D eigenvalue weighted by Crippen LogP contribution is 2.28. The molecular formula is C24H24O4S. The van der Waals surface area contributed by atoms with Crippen molar-refractivity contribution in [3.05, 3.63) is 101 Å². The monoisotopic (exact) mass is 408 g/mol. The summed E-state index contributed by atoms with van der Waals surface area (Å²) >= 11 is 0. The highest BCUT2D eigenvalue weighted by molar-refractivity contribution is 7.86. The highest BCUT2D eigenvalue weighted by atomic mass is 32.2. The van der Waals surface area contributed by atoms with Crippen LogP contribution in [-0.2, 0) is 20.7 Å². The smallest absolute Gasteiger partial charge is 0.338 e. The van der Waals surface area contributed by atoms with E-state index < -0.39 is 10.1 Å². The molecule has 5 heteroatoms. The summed E-state index contributed by atoms with van der Waals surface area (Å²) in [7, 11) is -2.31. The number of aryl methyl sites for hydroxylation is 1. The van der Waals surface area contributed by atoms with Gasteiger partial charge in [0.2, 0.25) is 0 Å². The molecule has 150 valence electrons. The Bertz CT molecular complexity index is 1080. The molecule has 3 rings (SSSR count). The van der Waals surface area contributed by atoms with Gasteiger partial charge >= 0.3 is 10.1 Å². The van der Waals surface area contributed by atoms with Gasteiger partial charge in [-0.25, -0.2) is 0 Å². The highest BCUT2D eigenvalue weighted by Gasteiger charge is 2.19. The van der Waals surface area contributed by atoms with Crippen molar-refractivity contribution in [1.82, 2.24) is 0 Å². The minimum absolute atomic E-state index is 0.135. The fourth-order valence-electron chi connectivity index (χ4n) is 2.99. The van der Waals surface area contributed by atoms with Crippen molar-refractivity contribution in [2.45, 2.75) is 25.2 Å². The number of hydrogen-bond acceptors (Lipinski definition) is 4. The van der Waals surface area contributed by atoms with E-state index in [9.17, 15) is 8.42 Å². The van der Waals surface area contributed by atoms with Gasteiger partial charge in [0.25, 0.3) is 0 Å². The maximum atomic E-state index is 12.8. The predicted octanol–water partition coefficient (Wildman–Crippen LogP) is 5.38. The van der Waals surface area contributed by atoms with E-state index in [1.807, 2.05) is 61.5 Å². The number of ether oxygens (including phenoxy) is 1. The van der Waals surface area contributed by atoms with Gasteiger partial charge in [-0.1, -0.05) is 60.2 Å². The minimum Gasteiger partial charge on any atom is -0.497 e. The predicted molar refractivity (Wildman–Crippen MR) is 115 cm³/mol. The van der Waals surface area contributed by atoms with Crippen molar-refractivity contribution in [3.63, 3.8) is 0 Å². The lowest BCUT2D eigenvalue weighted by Gasteiger charge is -2.15. The summed E-state index contributed by atoms with van der Waals surface area (Å²) in [6, 6.07) is 24.0. The van der Waals surface area contributed by atoms with Gasteiger partial charge in [0.05, 0.1) is 7.11 Å². The fourth-order valence-corrected chi connectivity index (χ4v) is 3.99. The van der Waals surface area contributed by atoms with Crippen molar-refractivity contribution >= 4 is 15.7 Å². The minimum atomic E-state index is -3.92. The van der Waals surface area contributed by atoms with E-state index in [2.05, 4.69) is 0 Å². The van der Waals surface area contributed by atoms with E-state index in [4.69, 9.17) is 8.92 Å². The third-order valence-corrected chi connectivity index (χ3v) is 5.95. The Balaban J connectivity index is 2.00. The van der Waals surface area contributed by atoms with Gasteiger partial charge in [0, 0.05) is 12.0 Å². The van der Waals surface area contributed by atoms with E-state index in [1.54, 1.807) is 38.3 Å². The van der Waals surface area contributed by atoms with Crippen LogP contribution in [0, 0.1) is 6.92 Å². The van der Waals surface area contributed by atoms with E-state index in [0.717, 1.165) is 28.0 Å². The van der Waals surface area contributed by atoms with Crippen LogP contribution in [0.25, 0.3) is 5.57 Å². The first-order valence-electron chi connectivity index (χ1n) is 9.28. The molecule has 0 unspecified atom stereocenters. The van der Waals surface area contributed by atoms with Gasteiger partial charge in [-0.2, -0.15) is 8.42 Å². The Morgan fingerprint density at radius 2 is 1.48 bits per heavy atom. The molecule has 0 radical (unpaired) electrons. The van der Waals surface area contributed by atoms with Crippen LogP contribution in [-0.4, -0.2) is 15.5 Å². The molecule has 3 aromatic rings. The largest absolute Gasteiger partial charge is 0.497 e. The Kier molecular flexibility index (Phi) is 6.39. The quantitative estimate of drug-likeness (QED) is 0.389. The van der Waals surface area contributed by atoms with E-state index in [0.29, 0.717) is 12.2 Å². The molecule has 0 bridgehead atoms. The first kappa shape index (κ1) is 20.7. The molecule has 4 nitrogen and oxygen atoms in total. The zero-order chi connectivity index (χ0) is 20.9. The standard InChI is InChI=1S/C24H24O4S/c1-18-9-15-23(16-10-18)29(25,26)28-19(2)24(17-20-7-5-4-6-8-20)21-11-13-22(27-3)14-12-21/h4-16H,17H2,1-3H3/b24-19-. The summed E-state index contributed by atoms with van der Waals surface area (Å²) in [5.41, 5.74) is 3.73. The number of rotatable bonds is 7. The molecule has 3 aromatic carbocycles. The molecule has 0 saturated carbocycles. The molecule has 0 aliphatic carbocycles. The summed E-state index contributed by atoms with van der Waals surface area (Å²) in [5.74, 6) is 1.08. The molecule has 0 heterocycles. The summed E-state index contributed by atoms with van der Waals surface area (Å²) in [4.78, 5) is 0.135. The molecule has 0 fully saturated rings. The number of methoxy groups -OCH3 is 1. The lowest BCUT2D eigenvalue weighted by atomic mass is 9.97. The Morgan fingerprint density at radius 1 is 0.862 bits per heavy atom. The summed E-state index contributed by atoms with van der Waals surface area (Å²) in [6.45, 7) is 3.60. The van der Waals surface area contributed by atoms with Crippen LogP contribution in [0.1, 0.15) is 23.6 Å². The van der Waals surface area contributed by atoms with Gasteiger partial charge in [-0.15, -0.1) is 0 Å². The van der Waals surface area contributed by atoms with E-state index >= 15 is 0 Å². The zero-order valence-electron chi connectivity index (χ0n) is 16.8. The van der Waals surface area contributed by atoms with Crippen LogP contribution in [0.5, 0.6) is 5.75 Å². The van der Waals surface area contributed by atoms with Crippen LogP contribution in [0.15, 0.2) is 89.5 Å². The van der Waals surface area contributed by atoms with Gasteiger partial charge < -0.3 is 8.92 Å². The molecule has 0 aliphatic heterocycles. The normalized spacial score (nSPS) is 12.2. The van der Waals surface area contributed by atoms with Crippen molar-refractivity contribution in [3.8, 4) is 5.75 Å². The third-order valence-electron chi connectivity index (χ3n) is 4.63. The van der Waals surface area contributed by atoms with Gasteiger partial charge in [-0.05, 0) is 49.2 Å². The molecule has 0 spiro atoms. The van der Waals surface area contributed by atoms with E-state index in [-0.39, 0.29) is 4.90 Å². The Hall–Kier alpha value is -3.05. The van der Waals surface area contributed by atoms with Crippen LogP contribution < -0.4 is 4.74 Å². The molecule has 0 aromatic heterocycles. The summed E-state index contributed by atoms with van der Waals surface area (Å²) < 4.78 is 36.3. The second-order valence-corrected chi connectivity index (χ2v) is 8.32. The SMILES string of the molecule is COc1ccc(/C(Cc2ccccc2)=C(/C)OS(=O)(=O)c2ccc(C)cc2)cc1. The van der Waals surface area contributed by atoms with Crippen LogP contribution in [0.3, 0.4) is 0 Å². The summed E-state index contributed by atoms with van der Waals surface area (Å²) in [5, 5.41) is 0. The molecule has 0 aliphatic rings. The maximum Gasteiger partial charge on any atom is 0.338 e. The first-order valence-corrected chi connectivity index (χ1v) is 10.7. The van der Waals surface area contributed by atoms with Crippen molar-refractivity contribution in [2.75, 3.05) is 7.11 Å². The van der Waals surface area contributed by atoms with E-state index in [1.165, 1.54) is 0 Å². The molecule has 29 heavy (non-hydrogen) atoms. The number of allylic oxidation sites excluding steroid dienone is 2. The van der Waals surface area contributed by atoms with Gasteiger partial charge in [0.15, 0.2) is 0 Å². The van der Waals surface area contributed by atoms with Gasteiger partial charge in [0.1, 0.15) is 16.4 Å². The first-order chi connectivity index (χ1) is 13.9. The lowest BCUT2D eigenvalue weighted by molar-refractivity contribution is 0.409.